The van der Waals surface area contributed by atoms with Crippen LogP contribution in [-0.4, -0.2) is 17.6 Å². The molecular formula is C12H11F4NO2. The molecule has 2 N–H and O–H groups in total. The Morgan fingerprint density at radius 1 is 1.37 bits per heavy atom. The van der Waals surface area contributed by atoms with Crippen LogP contribution in [0.1, 0.15) is 23.6 Å². The van der Waals surface area contributed by atoms with Gasteiger partial charge < -0.3 is 10.4 Å². The van der Waals surface area contributed by atoms with Gasteiger partial charge in [-0.1, -0.05) is 6.07 Å². The molecule has 2 atom stereocenters. The van der Waals surface area contributed by atoms with Gasteiger partial charge in [0.25, 0.3) is 0 Å². The summed E-state index contributed by atoms with van der Waals surface area (Å²) in [5.41, 5.74) is -1.56. The van der Waals surface area contributed by atoms with Gasteiger partial charge in [-0.05, 0) is 18.6 Å². The molecule has 1 aliphatic rings. The zero-order valence-corrected chi connectivity index (χ0v) is 9.67. The number of carbonyl (C=O) groups is 1. The predicted molar refractivity (Wildman–Crippen MR) is 57.9 cm³/mol. The highest BCUT2D eigenvalue weighted by molar-refractivity contribution is 5.70. The molecule has 0 radical (unpaired) electrons. The highest BCUT2D eigenvalue weighted by atomic mass is 19.4. The van der Waals surface area contributed by atoms with E-state index in [4.69, 9.17) is 5.11 Å². The van der Waals surface area contributed by atoms with Gasteiger partial charge >= 0.3 is 12.1 Å². The number of rotatable bonds is 2. The van der Waals surface area contributed by atoms with Crippen molar-refractivity contribution < 1.29 is 27.5 Å². The minimum Gasteiger partial charge on any atom is -0.481 e. The Morgan fingerprint density at radius 2 is 2.05 bits per heavy atom. The van der Waals surface area contributed by atoms with Crippen molar-refractivity contribution in [3.8, 4) is 0 Å². The molecule has 0 saturated carbocycles. The minimum atomic E-state index is -4.67. The van der Waals surface area contributed by atoms with Crippen LogP contribution in [-0.2, 0) is 11.0 Å². The summed E-state index contributed by atoms with van der Waals surface area (Å²) in [7, 11) is 0. The monoisotopic (exact) mass is 277 g/mol. The van der Waals surface area contributed by atoms with Crippen LogP contribution in [0.15, 0.2) is 18.2 Å². The topological polar surface area (TPSA) is 49.3 Å². The first-order valence-corrected chi connectivity index (χ1v) is 5.62. The molecule has 0 aliphatic carbocycles. The number of alkyl halides is 3. The first-order valence-electron chi connectivity index (χ1n) is 5.62. The number of carboxylic acid groups (broad SMARTS) is 1. The number of aliphatic carboxylic acids is 1. The molecule has 1 fully saturated rings. The molecule has 19 heavy (non-hydrogen) atoms. The van der Waals surface area contributed by atoms with Gasteiger partial charge in [-0.15, -0.1) is 0 Å². The summed E-state index contributed by atoms with van der Waals surface area (Å²) in [4.78, 5) is 10.8. The quantitative estimate of drug-likeness (QED) is 0.817. The van der Waals surface area contributed by atoms with Crippen LogP contribution < -0.4 is 5.32 Å². The summed E-state index contributed by atoms with van der Waals surface area (Å²) < 4.78 is 52.2. The van der Waals surface area contributed by atoms with Gasteiger partial charge in [-0.25, -0.2) is 4.39 Å². The third-order valence-corrected chi connectivity index (χ3v) is 3.19. The maximum atomic E-state index is 13.7. The number of hydrogen-bond acceptors (Lipinski definition) is 2. The van der Waals surface area contributed by atoms with Crippen LogP contribution >= 0.6 is 0 Å². The van der Waals surface area contributed by atoms with E-state index in [1.807, 2.05) is 0 Å². The Bertz CT molecular complexity index is 501. The fourth-order valence-corrected chi connectivity index (χ4v) is 2.28. The molecule has 3 nitrogen and oxygen atoms in total. The Balaban J connectivity index is 2.38. The second-order valence-electron chi connectivity index (χ2n) is 4.43. The Labute approximate surface area is 106 Å². The van der Waals surface area contributed by atoms with Crippen molar-refractivity contribution in [2.45, 2.75) is 18.6 Å². The van der Waals surface area contributed by atoms with Crippen LogP contribution in [0, 0.1) is 11.7 Å². The van der Waals surface area contributed by atoms with Crippen molar-refractivity contribution in [3.05, 3.63) is 35.1 Å². The lowest BCUT2D eigenvalue weighted by Crippen LogP contribution is -2.20. The molecule has 1 saturated heterocycles. The van der Waals surface area contributed by atoms with E-state index in [1.165, 1.54) is 0 Å². The fraction of sp³-hybridized carbons (Fsp3) is 0.417. The van der Waals surface area contributed by atoms with Crippen molar-refractivity contribution in [1.82, 2.24) is 5.32 Å². The van der Waals surface area contributed by atoms with E-state index in [9.17, 15) is 22.4 Å². The smallest absolute Gasteiger partial charge is 0.416 e. The lowest BCUT2D eigenvalue weighted by Gasteiger charge is -2.18. The third kappa shape index (κ3) is 2.70. The van der Waals surface area contributed by atoms with E-state index in [2.05, 4.69) is 5.32 Å². The summed E-state index contributed by atoms with van der Waals surface area (Å²) in [6.07, 6.45) is -4.72. The van der Waals surface area contributed by atoms with E-state index in [-0.39, 0.29) is 13.0 Å². The molecule has 1 aromatic carbocycles. The van der Waals surface area contributed by atoms with Gasteiger partial charge in [0.15, 0.2) is 0 Å². The van der Waals surface area contributed by atoms with Gasteiger partial charge in [0.1, 0.15) is 5.82 Å². The summed E-state index contributed by atoms with van der Waals surface area (Å²) in [5, 5.41) is 11.5. The highest BCUT2D eigenvalue weighted by Crippen LogP contribution is 2.39. The van der Waals surface area contributed by atoms with Crippen LogP contribution in [0.2, 0.25) is 0 Å². The average molecular weight is 277 g/mol. The van der Waals surface area contributed by atoms with Crippen molar-refractivity contribution in [2.24, 2.45) is 5.92 Å². The lowest BCUT2D eigenvalue weighted by atomic mass is 9.95. The minimum absolute atomic E-state index is 0.0334. The number of carboxylic acids is 1. The van der Waals surface area contributed by atoms with Crippen LogP contribution in [0.25, 0.3) is 0 Å². The lowest BCUT2D eigenvalue weighted by molar-refractivity contribution is -0.141. The van der Waals surface area contributed by atoms with Gasteiger partial charge in [0.05, 0.1) is 11.5 Å². The molecule has 7 heteroatoms. The van der Waals surface area contributed by atoms with Crippen molar-refractivity contribution >= 4 is 5.97 Å². The van der Waals surface area contributed by atoms with Gasteiger partial charge in [-0.2, -0.15) is 13.2 Å². The molecule has 1 heterocycles. The first-order chi connectivity index (χ1) is 8.80. The van der Waals surface area contributed by atoms with Gasteiger partial charge in [-0.3, -0.25) is 4.79 Å². The first kappa shape index (κ1) is 13.8. The number of nitrogens with one attached hydrogen (secondary N) is 1. The van der Waals surface area contributed by atoms with Crippen LogP contribution in [0.4, 0.5) is 17.6 Å². The molecule has 2 rings (SSSR count). The second kappa shape index (κ2) is 4.80. The second-order valence-corrected chi connectivity index (χ2v) is 4.43. The molecule has 104 valence electrons. The fourth-order valence-electron chi connectivity index (χ4n) is 2.28. The SMILES string of the molecule is O=C(O)C1CNC(c2c(F)cccc2C(F)(F)F)C1. The molecule has 0 spiro atoms. The number of halogens is 4. The Morgan fingerprint density at radius 3 is 2.58 bits per heavy atom. The zero-order valence-electron chi connectivity index (χ0n) is 9.67. The Kier molecular flexibility index (Phi) is 3.49. The molecule has 0 bridgehead atoms. The van der Waals surface area contributed by atoms with Crippen molar-refractivity contribution in [1.29, 1.82) is 0 Å². The zero-order chi connectivity index (χ0) is 14.2. The normalized spacial score (nSPS) is 23.6. The molecule has 0 aromatic heterocycles. The maximum absolute atomic E-state index is 13.7. The standard InChI is InChI=1S/C12H11F4NO2/c13-8-3-1-2-7(12(14,15)16)10(8)9-4-6(5-17-9)11(18)19/h1-3,6,9,17H,4-5H2,(H,18,19). The largest absolute Gasteiger partial charge is 0.481 e. The highest BCUT2D eigenvalue weighted by Gasteiger charge is 2.40. The average Bonchev–Trinajstić information content (AvgIpc) is 2.76. The van der Waals surface area contributed by atoms with E-state index in [1.54, 1.807) is 0 Å². The third-order valence-electron chi connectivity index (χ3n) is 3.19. The molecule has 1 aromatic rings. The predicted octanol–water partition coefficient (Wildman–Crippen LogP) is 2.58. The van der Waals surface area contributed by atoms with Gasteiger partial charge in [0, 0.05) is 18.2 Å². The molecule has 2 unspecified atom stereocenters. The van der Waals surface area contributed by atoms with Gasteiger partial charge in [0.2, 0.25) is 0 Å². The van der Waals surface area contributed by atoms with Crippen LogP contribution in [0.3, 0.4) is 0 Å². The van der Waals surface area contributed by atoms with Crippen molar-refractivity contribution in [2.75, 3.05) is 6.54 Å². The summed E-state index contributed by atoms with van der Waals surface area (Å²) in [6, 6.07) is 1.80. The van der Waals surface area contributed by atoms with E-state index >= 15 is 0 Å². The van der Waals surface area contributed by atoms with E-state index < -0.39 is 41.0 Å². The number of hydrogen-bond donors (Lipinski definition) is 2. The van der Waals surface area contributed by atoms with Crippen LogP contribution in [0.5, 0.6) is 0 Å². The maximum Gasteiger partial charge on any atom is 0.416 e. The summed E-state index contributed by atoms with van der Waals surface area (Å²) >= 11 is 0. The molecular weight excluding hydrogens is 266 g/mol. The molecule has 1 aliphatic heterocycles. The summed E-state index contributed by atoms with van der Waals surface area (Å²) in [6.45, 7) is 0.0334. The molecule has 0 amide bonds. The Hall–Kier alpha value is -1.63. The number of benzene rings is 1. The van der Waals surface area contributed by atoms with E-state index in [0.717, 1.165) is 18.2 Å². The van der Waals surface area contributed by atoms with E-state index in [0.29, 0.717) is 0 Å². The van der Waals surface area contributed by atoms with Crippen molar-refractivity contribution in [3.63, 3.8) is 0 Å². The summed E-state index contributed by atoms with van der Waals surface area (Å²) in [5.74, 6) is -2.87.